The van der Waals surface area contributed by atoms with Crippen molar-refractivity contribution in [2.45, 2.75) is 49.3 Å². The van der Waals surface area contributed by atoms with Crippen molar-refractivity contribution in [1.29, 1.82) is 0 Å². The Labute approximate surface area is 124 Å². The lowest BCUT2D eigenvalue weighted by Gasteiger charge is -2.38. The predicted octanol–water partition coefficient (Wildman–Crippen LogP) is 4.49. The molecular formula is C13H13Cl2F3N2. The van der Waals surface area contributed by atoms with Crippen molar-refractivity contribution in [2.24, 2.45) is 0 Å². The van der Waals surface area contributed by atoms with E-state index in [1.54, 1.807) is 0 Å². The molecule has 2 atom stereocenters. The Bertz CT molecular complexity index is 507. The molecule has 0 amide bonds. The van der Waals surface area contributed by atoms with Crippen LogP contribution in [-0.4, -0.2) is 22.4 Å². The molecule has 0 radical (unpaired) electrons. The van der Waals surface area contributed by atoms with Crippen molar-refractivity contribution in [1.82, 2.24) is 4.98 Å². The molecule has 0 N–H and O–H groups in total. The summed E-state index contributed by atoms with van der Waals surface area (Å²) in [4.78, 5) is 6.02. The second-order valence-corrected chi connectivity index (χ2v) is 6.41. The van der Waals surface area contributed by atoms with Crippen molar-refractivity contribution in [3.8, 4) is 0 Å². The lowest BCUT2D eigenvalue weighted by Crippen LogP contribution is -2.44. The molecule has 2 aliphatic rings. The maximum absolute atomic E-state index is 12.6. The lowest BCUT2D eigenvalue weighted by molar-refractivity contribution is -0.137. The van der Waals surface area contributed by atoms with Crippen LogP contribution >= 0.6 is 23.2 Å². The number of nitrogens with zero attached hydrogens (tertiary/aromatic N) is 2. The smallest absolute Gasteiger partial charge is 0.349 e. The summed E-state index contributed by atoms with van der Waals surface area (Å²) in [6.45, 7) is 0. The van der Waals surface area contributed by atoms with Crippen LogP contribution in [0.1, 0.15) is 31.2 Å². The van der Waals surface area contributed by atoms with E-state index in [1.165, 1.54) is 0 Å². The van der Waals surface area contributed by atoms with Crippen LogP contribution in [0.2, 0.25) is 5.02 Å². The molecule has 2 nitrogen and oxygen atoms in total. The Balaban J connectivity index is 1.92. The molecule has 2 unspecified atom stereocenters. The van der Waals surface area contributed by atoms with E-state index in [-0.39, 0.29) is 22.5 Å². The third-order valence-corrected chi connectivity index (χ3v) is 4.70. The topological polar surface area (TPSA) is 16.1 Å². The third-order valence-electron chi connectivity index (χ3n) is 4.07. The highest BCUT2D eigenvalue weighted by Crippen LogP contribution is 2.43. The Hall–Kier alpha value is -0.680. The minimum atomic E-state index is -4.42. The van der Waals surface area contributed by atoms with Gasteiger partial charge in [-0.3, -0.25) is 0 Å². The number of halogens is 5. The fraction of sp³-hybridized carbons (Fsp3) is 0.615. The first-order valence-electron chi connectivity index (χ1n) is 6.51. The van der Waals surface area contributed by atoms with E-state index < -0.39 is 11.7 Å². The molecule has 2 fully saturated rings. The average Bonchev–Trinajstić information content (AvgIpc) is 2.61. The molecule has 2 aliphatic heterocycles. The van der Waals surface area contributed by atoms with Crippen LogP contribution < -0.4 is 4.90 Å². The second kappa shape index (κ2) is 4.95. The van der Waals surface area contributed by atoms with Crippen LogP contribution in [0.15, 0.2) is 12.3 Å². The predicted molar refractivity (Wildman–Crippen MR) is 72.4 cm³/mol. The molecule has 3 rings (SSSR count). The van der Waals surface area contributed by atoms with E-state index >= 15 is 0 Å². The van der Waals surface area contributed by atoms with Gasteiger partial charge in [-0.25, -0.2) is 4.98 Å². The largest absolute Gasteiger partial charge is 0.417 e. The monoisotopic (exact) mass is 324 g/mol. The molecular weight excluding hydrogens is 312 g/mol. The fourth-order valence-corrected chi connectivity index (χ4v) is 3.91. The Kier molecular flexibility index (Phi) is 3.53. The van der Waals surface area contributed by atoms with Crippen LogP contribution in [0.4, 0.5) is 19.0 Å². The van der Waals surface area contributed by atoms with E-state index in [4.69, 9.17) is 23.2 Å². The number of alkyl halides is 4. The van der Waals surface area contributed by atoms with Crippen LogP contribution in [0, 0.1) is 0 Å². The van der Waals surface area contributed by atoms with Gasteiger partial charge in [0.15, 0.2) is 0 Å². The average molecular weight is 325 g/mol. The van der Waals surface area contributed by atoms with Gasteiger partial charge < -0.3 is 4.90 Å². The van der Waals surface area contributed by atoms with Crippen molar-refractivity contribution >= 4 is 29.0 Å². The van der Waals surface area contributed by atoms with Gasteiger partial charge in [-0.15, -0.1) is 11.6 Å². The summed E-state index contributed by atoms with van der Waals surface area (Å²) in [5.74, 6) is 0.454. The SMILES string of the molecule is FC(F)(F)c1cnc(N2C3CCC2CC(Cl)C3)c(Cl)c1. The van der Waals surface area contributed by atoms with E-state index in [9.17, 15) is 13.2 Å². The number of rotatable bonds is 1. The van der Waals surface area contributed by atoms with Gasteiger partial charge in [-0.1, -0.05) is 11.6 Å². The minimum absolute atomic E-state index is 0.0600. The van der Waals surface area contributed by atoms with Crippen LogP contribution in [0.5, 0.6) is 0 Å². The quantitative estimate of drug-likeness (QED) is 0.707. The normalized spacial score (nSPS) is 29.9. The summed E-state index contributed by atoms with van der Waals surface area (Å²) >= 11 is 12.2. The number of piperidine rings is 1. The van der Waals surface area contributed by atoms with Crippen LogP contribution in [0.3, 0.4) is 0 Å². The summed E-state index contributed by atoms with van der Waals surface area (Å²) in [5, 5.41) is 0.196. The van der Waals surface area contributed by atoms with Gasteiger partial charge >= 0.3 is 6.18 Å². The summed E-state index contributed by atoms with van der Waals surface area (Å²) in [6.07, 6.45) is 0.0821. The molecule has 0 aromatic carbocycles. The maximum Gasteiger partial charge on any atom is 0.417 e. The highest BCUT2D eigenvalue weighted by atomic mass is 35.5. The standard InChI is InChI=1S/C13H13Cl2F3N2/c14-8-4-9-1-2-10(5-8)20(9)12-11(15)3-7(6-19-12)13(16,17)18/h3,6,8-10H,1-2,4-5H2. The number of hydrogen-bond acceptors (Lipinski definition) is 2. The Morgan fingerprint density at radius 2 is 1.80 bits per heavy atom. The molecule has 0 aliphatic carbocycles. The molecule has 110 valence electrons. The van der Waals surface area contributed by atoms with Crippen molar-refractivity contribution in [2.75, 3.05) is 4.90 Å². The number of fused-ring (bicyclic) bond motifs is 2. The van der Waals surface area contributed by atoms with Gasteiger partial charge in [0, 0.05) is 23.7 Å². The number of hydrogen-bond donors (Lipinski definition) is 0. The molecule has 1 aromatic rings. The first-order chi connectivity index (χ1) is 9.36. The number of aromatic nitrogens is 1. The van der Waals surface area contributed by atoms with Crippen molar-refractivity contribution in [3.63, 3.8) is 0 Å². The molecule has 20 heavy (non-hydrogen) atoms. The summed E-state index contributed by atoms with van der Waals surface area (Å²) in [6, 6.07) is 1.42. The zero-order valence-electron chi connectivity index (χ0n) is 10.5. The molecule has 2 saturated heterocycles. The van der Waals surface area contributed by atoms with E-state index in [0.717, 1.165) is 37.9 Å². The van der Waals surface area contributed by atoms with Gasteiger partial charge in [0.25, 0.3) is 0 Å². The molecule has 1 aromatic heterocycles. The van der Waals surface area contributed by atoms with Crippen LogP contribution in [0.25, 0.3) is 0 Å². The van der Waals surface area contributed by atoms with Crippen molar-refractivity contribution in [3.05, 3.63) is 22.8 Å². The highest BCUT2D eigenvalue weighted by Gasteiger charge is 2.42. The minimum Gasteiger partial charge on any atom is -0.349 e. The van der Waals surface area contributed by atoms with Gasteiger partial charge in [-0.2, -0.15) is 13.2 Å². The highest BCUT2D eigenvalue weighted by molar-refractivity contribution is 6.33. The van der Waals surface area contributed by atoms with Gasteiger partial charge in [0.1, 0.15) is 5.82 Å². The molecule has 7 heteroatoms. The van der Waals surface area contributed by atoms with Gasteiger partial charge in [0.2, 0.25) is 0 Å². The first-order valence-corrected chi connectivity index (χ1v) is 7.33. The van der Waals surface area contributed by atoms with Gasteiger partial charge in [0.05, 0.1) is 10.6 Å². The molecule has 3 heterocycles. The van der Waals surface area contributed by atoms with E-state index in [2.05, 4.69) is 9.88 Å². The zero-order chi connectivity index (χ0) is 14.5. The third kappa shape index (κ3) is 2.46. The number of pyridine rings is 1. The summed E-state index contributed by atoms with van der Waals surface area (Å²) < 4.78 is 37.9. The molecule has 0 saturated carbocycles. The maximum atomic E-state index is 12.6. The summed E-state index contributed by atoms with van der Waals surface area (Å²) in [7, 11) is 0. The lowest BCUT2D eigenvalue weighted by atomic mass is 10.0. The first kappa shape index (κ1) is 14.3. The molecule has 0 spiro atoms. The van der Waals surface area contributed by atoms with Crippen molar-refractivity contribution < 1.29 is 13.2 Å². The number of anilines is 1. The Morgan fingerprint density at radius 3 is 2.30 bits per heavy atom. The fourth-order valence-electron chi connectivity index (χ4n) is 3.23. The van der Waals surface area contributed by atoms with E-state index in [0.29, 0.717) is 5.82 Å². The van der Waals surface area contributed by atoms with Gasteiger partial charge in [-0.05, 0) is 31.7 Å². The summed E-state index contributed by atoms with van der Waals surface area (Å²) in [5.41, 5.74) is -0.814. The Morgan fingerprint density at radius 1 is 1.20 bits per heavy atom. The van der Waals surface area contributed by atoms with Crippen LogP contribution in [-0.2, 0) is 6.18 Å². The molecule has 2 bridgehead atoms. The zero-order valence-corrected chi connectivity index (χ0v) is 12.0. The van der Waals surface area contributed by atoms with E-state index in [1.807, 2.05) is 0 Å². The second-order valence-electron chi connectivity index (χ2n) is 5.39.